The number of thioether (sulfide) groups is 1. The van der Waals surface area contributed by atoms with Crippen molar-refractivity contribution in [2.45, 2.75) is 19.4 Å². The first-order valence-corrected chi connectivity index (χ1v) is 11.3. The number of carbonyl (C=O) groups is 1. The zero-order valence-corrected chi connectivity index (χ0v) is 18.1. The van der Waals surface area contributed by atoms with Gasteiger partial charge in [0.25, 0.3) is 5.91 Å². The van der Waals surface area contributed by atoms with Gasteiger partial charge in [0.1, 0.15) is 17.2 Å². The van der Waals surface area contributed by atoms with Crippen LogP contribution in [0.3, 0.4) is 0 Å². The molecule has 0 fully saturated rings. The van der Waals surface area contributed by atoms with Gasteiger partial charge in [0.2, 0.25) is 0 Å². The van der Waals surface area contributed by atoms with Gasteiger partial charge in [-0.2, -0.15) is 11.8 Å². The van der Waals surface area contributed by atoms with Gasteiger partial charge in [-0.1, -0.05) is 12.1 Å². The van der Waals surface area contributed by atoms with Crippen LogP contribution in [0, 0.1) is 6.92 Å². The molecule has 0 radical (unpaired) electrons. The standard InChI is InChI=1S/C23H23N3O4S/c1-14-11-22(28)30-20-12-15(7-8-16(14)20)29-13-21(27)24-19(9-10-31-2)23-25-17-5-3-4-6-18(17)26-23/h3-8,11-12,19H,9-10,13H2,1-2H3,(H,24,27)(H,25,26). The molecule has 1 unspecified atom stereocenters. The summed E-state index contributed by atoms with van der Waals surface area (Å²) in [5.74, 6) is 1.82. The molecule has 1 amide bonds. The van der Waals surface area contributed by atoms with E-state index < -0.39 is 5.63 Å². The van der Waals surface area contributed by atoms with Crippen molar-refractivity contribution in [2.75, 3.05) is 18.6 Å². The minimum Gasteiger partial charge on any atom is -0.484 e. The Morgan fingerprint density at radius 3 is 2.90 bits per heavy atom. The number of hydrogen-bond donors (Lipinski definition) is 2. The summed E-state index contributed by atoms with van der Waals surface area (Å²) in [6, 6.07) is 14.2. The molecule has 0 aliphatic heterocycles. The number of ether oxygens (including phenoxy) is 1. The molecule has 4 rings (SSSR count). The van der Waals surface area contributed by atoms with Gasteiger partial charge in [0.05, 0.1) is 17.1 Å². The van der Waals surface area contributed by atoms with E-state index in [0.717, 1.165) is 40.0 Å². The number of hydrogen-bond acceptors (Lipinski definition) is 6. The van der Waals surface area contributed by atoms with Crippen LogP contribution >= 0.6 is 11.8 Å². The molecule has 2 aromatic heterocycles. The fourth-order valence-corrected chi connectivity index (χ4v) is 3.90. The van der Waals surface area contributed by atoms with Crippen LogP contribution in [0.1, 0.15) is 23.9 Å². The molecular weight excluding hydrogens is 414 g/mol. The number of aromatic nitrogens is 2. The number of imidazole rings is 1. The van der Waals surface area contributed by atoms with Gasteiger partial charge >= 0.3 is 5.63 Å². The highest BCUT2D eigenvalue weighted by Gasteiger charge is 2.18. The number of aromatic amines is 1. The Morgan fingerprint density at radius 1 is 1.26 bits per heavy atom. The fourth-order valence-electron chi connectivity index (χ4n) is 3.43. The number of nitrogens with one attached hydrogen (secondary N) is 2. The van der Waals surface area contributed by atoms with Gasteiger partial charge in [0, 0.05) is 17.5 Å². The average molecular weight is 438 g/mol. The first kappa shape index (κ1) is 21.0. The summed E-state index contributed by atoms with van der Waals surface area (Å²) in [4.78, 5) is 32.1. The molecule has 0 bridgehead atoms. The molecule has 2 heterocycles. The highest BCUT2D eigenvalue weighted by molar-refractivity contribution is 7.98. The smallest absolute Gasteiger partial charge is 0.336 e. The van der Waals surface area contributed by atoms with Crippen molar-refractivity contribution in [3.05, 3.63) is 70.3 Å². The minimum atomic E-state index is -0.414. The van der Waals surface area contributed by atoms with Crippen molar-refractivity contribution in [2.24, 2.45) is 0 Å². The Morgan fingerprint density at radius 2 is 2.10 bits per heavy atom. The van der Waals surface area contributed by atoms with E-state index in [1.54, 1.807) is 23.9 Å². The average Bonchev–Trinajstić information content (AvgIpc) is 3.19. The van der Waals surface area contributed by atoms with Crippen LogP contribution in [0.15, 0.2) is 57.7 Å². The van der Waals surface area contributed by atoms with Crippen molar-refractivity contribution in [1.29, 1.82) is 0 Å². The third-order valence-corrected chi connectivity index (χ3v) is 5.62. The molecular formula is C23H23N3O4S. The van der Waals surface area contributed by atoms with E-state index in [1.165, 1.54) is 6.07 Å². The predicted molar refractivity (Wildman–Crippen MR) is 123 cm³/mol. The Kier molecular flexibility index (Phi) is 6.27. The summed E-state index contributed by atoms with van der Waals surface area (Å²) in [6.45, 7) is 1.69. The fraction of sp³-hybridized carbons (Fsp3) is 0.261. The number of para-hydroxylation sites is 2. The molecule has 4 aromatic rings. The minimum absolute atomic E-state index is 0.155. The van der Waals surface area contributed by atoms with Crippen molar-refractivity contribution in [1.82, 2.24) is 15.3 Å². The first-order chi connectivity index (χ1) is 15.0. The van der Waals surface area contributed by atoms with E-state index in [2.05, 4.69) is 15.3 Å². The van der Waals surface area contributed by atoms with Crippen molar-refractivity contribution < 1.29 is 13.9 Å². The highest BCUT2D eigenvalue weighted by Crippen LogP contribution is 2.23. The summed E-state index contributed by atoms with van der Waals surface area (Å²) in [7, 11) is 0. The molecule has 2 N–H and O–H groups in total. The van der Waals surface area contributed by atoms with E-state index in [9.17, 15) is 9.59 Å². The van der Waals surface area contributed by atoms with Crippen LogP contribution in [0.25, 0.3) is 22.0 Å². The molecule has 0 saturated heterocycles. The lowest BCUT2D eigenvalue weighted by molar-refractivity contribution is -0.123. The lowest BCUT2D eigenvalue weighted by Crippen LogP contribution is -2.33. The number of benzene rings is 2. The summed E-state index contributed by atoms with van der Waals surface area (Å²) in [5.41, 5.74) is 2.65. The normalized spacial score (nSPS) is 12.2. The third kappa shape index (κ3) is 4.91. The van der Waals surface area contributed by atoms with Crippen molar-refractivity contribution in [3.63, 3.8) is 0 Å². The molecule has 2 aromatic carbocycles. The Bertz CT molecular complexity index is 1250. The number of nitrogens with zero attached hydrogens (tertiary/aromatic N) is 1. The SMILES string of the molecule is CSCCC(NC(=O)COc1ccc2c(C)cc(=O)oc2c1)c1nc2ccccc2[nH]1. The number of fused-ring (bicyclic) bond motifs is 2. The number of aryl methyl sites for hydroxylation is 1. The quantitative estimate of drug-likeness (QED) is 0.405. The molecule has 0 spiro atoms. The Balaban J connectivity index is 1.45. The summed E-state index contributed by atoms with van der Waals surface area (Å²) in [5, 5.41) is 3.84. The lowest BCUT2D eigenvalue weighted by atomic mass is 10.1. The van der Waals surface area contributed by atoms with Gasteiger partial charge in [-0.15, -0.1) is 0 Å². The summed E-state index contributed by atoms with van der Waals surface area (Å²) >= 11 is 1.71. The van der Waals surface area contributed by atoms with E-state index in [1.807, 2.05) is 43.5 Å². The van der Waals surface area contributed by atoms with E-state index in [0.29, 0.717) is 11.3 Å². The second-order valence-electron chi connectivity index (χ2n) is 7.24. The van der Waals surface area contributed by atoms with Crippen LogP contribution in [0.2, 0.25) is 0 Å². The number of carbonyl (C=O) groups excluding carboxylic acids is 1. The van der Waals surface area contributed by atoms with Gasteiger partial charge in [-0.05, 0) is 55.2 Å². The van der Waals surface area contributed by atoms with E-state index in [4.69, 9.17) is 9.15 Å². The first-order valence-electron chi connectivity index (χ1n) is 9.94. The molecule has 0 saturated carbocycles. The number of H-pyrrole nitrogens is 1. The zero-order valence-electron chi connectivity index (χ0n) is 17.3. The van der Waals surface area contributed by atoms with Gasteiger partial charge < -0.3 is 19.5 Å². The van der Waals surface area contributed by atoms with Crippen LogP contribution < -0.4 is 15.7 Å². The summed E-state index contributed by atoms with van der Waals surface area (Å²) < 4.78 is 10.9. The number of amides is 1. The van der Waals surface area contributed by atoms with Gasteiger partial charge in [-0.3, -0.25) is 4.79 Å². The van der Waals surface area contributed by atoms with Gasteiger partial charge in [-0.25, -0.2) is 9.78 Å². The molecule has 0 aliphatic carbocycles. The Labute approximate surface area is 183 Å². The van der Waals surface area contributed by atoms with Crippen LogP contribution in [-0.2, 0) is 4.79 Å². The second kappa shape index (κ2) is 9.26. The van der Waals surface area contributed by atoms with Crippen LogP contribution in [-0.4, -0.2) is 34.5 Å². The van der Waals surface area contributed by atoms with E-state index >= 15 is 0 Å². The lowest BCUT2D eigenvalue weighted by Gasteiger charge is -2.16. The monoisotopic (exact) mass is 437 g/mol. The maximum absolute atomic E-state index is 12.6. The molecule has 160 valence electrons. The molecule has 31 heavy (non-hydrogen) atoms. The highest BCUT2D eigenvalue weighted by atomic mass is 32.2. The predicted octanol–water partition coefficient (Wildman–Crippen LogP) is 3.97. The zero-order chi connectivity index (χ0) is 21.8. The largest absolute Gasteiger partial charge is 0.484 e. The number of rotatable bonds is 8. The summed E-state index contributed by atoms with van der Waals surface area (Å²) in [6.07, 6.45) is 2.77. The van der Waals surface area contributed by atoms with Crippen molar-refractivity contribution in [3.8, 4) is 5.75 Å². The van der Waals surface area contributed by atoms with Gasteiger partial charge in [0.15, 0.2) is 6.61 Å². The van der Waals surface area contributed by atoms with Crippen LogP contribution in [0.4, 0.5) is 0 Å². The maximum atomic E-state index is 12.6. The topological polar surface area (TPSA) is 97.2 Å². The van der Waals surface area contributed by atoms with Crippen molar-refractivity contribution >= 4 is 39.7 Å². The molecule has 7 nitrogen and oxygen atoms in total. The van der Waals surface area contributed by atoms with Crippen LogP contribution in [0.5, 0.6) is 5.75 Å². The third-order valence-electron chi connectivity index (χ3n) is 4.98. The maximum Gasteiger partial charge on any atom is 0.336 e. The molecule has 8 heteroatoms. The Hall–Kier alpha value is -3.26. The second-order valence-corrected chi connectivity index (χ2v) is 8.22. The van der Waals surface area contributed by atoms with E-state index in [-0.39, 0.29) is 18.6 Å². The molecule has 0 aliphatic rings. The molecule has 1 atom stereocenters.